The molecule has 0 bridgehead atoms. The summed E-state index contributed by atoms with van der Waals surface area (Å²) in [6.07, 6.45) is 0. The zero-order chi connectivity index (χ0) is 14.9. The van der Waals surface area contributed by atoms with Gasteiger partial charge in [-0.25, -0.2) is 4.39 Å². The normalized spacial score (nSPS) is 11.4. The Morgan fingerprint density at radius 1 is 1.30 bits per heavy atom. The molecule has 0 aliphatic rings. The maximum atomic E-state index is 13.3. The number of carbonyl (C=O) groups is 1. The summed E-state index contributed by atoms with van der Waals surface area (Å²) in [5, 5.41) is 7.03. The van der Waals surface area contributed by atoms with Crippen molar-refractivity contribution < 1.29 is 9.18 Å². The van der Waals surface area contributed by atoms with E-state index in [1.807, 2.05) is 20.8 Å². The Bertz CT molecular complexity index is 641. The second-order valence-corrected chi connectivity index (χ2v) is 5.75. The summed E-state index contributed by atoms with van der Waals surface area (Å²) < 4.78 is 14.8. The van der Waals surface area contributed by atoms with Gasteiger partial charge < -0.3 is 5.32 Å². The number of nitrogens with one attached hydrogen (secondary N) is 1. The number of hydrogen-bond acceptors (Lipinski definition) is 2. The maximum absolute atomic E-state index is 13.3. The lowest BCUT2D eigenvalue weighted by Gasteiger charge is -2.19. The molecule has 0 fully saturated rings. The monoisotopic (exact) mass is 275 g/mol. The number of nitrogens with zero attached hydrogens (tertiary/aromatic N) is 2. The molecule has 1 aromatic carbocycles. The Morgan fingerprint density at radius 3 is 2.60 bits per heavy atom. The highest BCUT2D eigenvalue weighted by Gasteiger charge is 2.19. The van der Waals surface area contributed by atoms with E-state index >= 15 is 0 Å². The van der Waals surface area contributed by atoms with Crippen LogP contribution in [0.2, 0.25) is 0 Å². The molecule has 2 rings (SSSR count). The average Bonchev–Trinajstić information content (AvgIpc) is 2.69. The van der Waals surface area contributed by atoms with Gasteiger partial charge in [0.15, 0.2) is 5.69 Å². The fraction of sp³-hybridized carbons (Fsp3) is 0.333. The predicted octanol–water partition coefficient (Wildman–Crippen LogP) is 2.75. The standard InChI is InChI=1S/C15H18FN3O/c1-15(2,3)17-14(20)12-9-13(19(4)18-12)10-6-5-7-11(16)8-10/h5-9H,1-4H3,(H,17,20). The Balaban J connectivity index is 2.33. The van der Waals surface area contributed by atoms with E-state index in [-0.39, 0.29) is 17.3 Å². The topological polar surface area (TPSA) is 46.9 Å². The van der Waals surface area contributed by atoms with E-state index in [0.717, 1.165) is 0 Å². The highest BCUT2D eigenvalue weighted by atomic mass is 19.1. The van der Waals surface area contributed by atoms with Crippen molar-refractivity contribution in [3.05, 3.63) is 41.8 Å². The van der Waals surface area contributed by atoms with Gasteiger partial charge in [-0.2, -0.15) is 5.10 Å². The maximum Gasteiger partial charge on any atom is 0.272 e. The third-order valence-electron chi connectivity index (χ3n) is 2.72. The Kier molecular flexibility index (Phi) is 3.61. The largest absolute Gasteiger partial charge is 0.346 e. The first kappa shape index (κ1) is 14.2. The van der Waals surface area contributed by atoms with Gasteiger partial charge in [-0.1, -0.05) is 12.1 Å². The molecule has 0 spiro atoms. The summed E-state index contributed by atoms with van der Waals surface area (Å²) >= 11 is 0. The van der Waals surface area contributed by atoms with Crippen LogP contribution in [0.25, 0.3) is 11.3 Å². The van der Waals surface area contributed by atoms with Crippen LogP contribution in [0.1, 0.15) is 31.3 Å². The number of aryl methyl sites for hydroxylation is 1. The third kappa shape index (κ3) is 3.23. The molecule has 0 saturated heterocycles. The molecule has 106 valence electrons. The van der Waals surface area contributed by atoms with Gasteiger partial charge in [0.1, 0.15) is 5.82 Å². The van der Waals surface area contributed by atoms with Gasteiger partial charge >= 0.3 is 0 Å². The Hall–Kier alpha value is -2.17. The molecule has 0 aliphatic carbocycles. The highest BCUT2D eigenvalue weighted by molar-refractivity contribution is 5.93. The molecule has 1 heterocycles. The van der Waals surface area contributed by atoms with Crippen LogP contribution >= 0.6 is 0 Å². The lowest BCUT2D eigenvalue weighted by Crippen LogP contribution is -2.40. The lowest BCUT2D eigenvalue weighted by atomic mass is 10.1. The highest BCUT2D eigenvalue weighted by Crippen LogP contribution is 2.20. The smallest absolute Gasteiger partial charge is 0.272 e. The van der Waals surface area contributed by atoms with Gasteiger partial charge in [0.25, 0.3) is 5.91 Å². The van der Waals surface area contributed by atoms with Gasteiger partial charge in [0.05, 0.1) is 5.69 Å². The summed E-state index contributed by atoms with van der Waals surface area (Å²) in [6, 6.07) is 7.88. The van der Waals surface area contributed by atoms with E-state index in [4.69, 9.17) is 0 Å². The van der Waals surface area contributed by atoms with Gasteiger partial charge in [0, 0.05) is 18.2 Å². The molecule has 1 aromatic heterocycles. The summed E-state index contributed by atoms with van der Waals surface area (Å²) in [7, 11) is 1.73. The van der Waals surface area contributed by atoms with E-state index in [9.17, 15) is 9.18 Å². The van der Waals surface area contributed by atoms with Crippen LogP contribution in [0.5, 0.6) is 0 Å². The van der Waals surface area contributed by atoms with E-state index in [1.165, 1.54) is 12.1 Å². The summed E-state index contributed by atoms with van der Waals surface area (Å²) in [6.45, 7) is 5.71. The number of carbonyl (C=O) groups excluding carboxylic acids is 1. The van der Waals surface area contributed by atoms with Crippen molar-refractivity contribution in [1.29, 1.82) is 0 Å². The molecule has 0 radical (unpaired) electrons. The number of benzene rings is 1. The van der Waals surface area contributed by atoms with E-state index in [2.05, 4.69) is 10.4 Å². The van der Waals surface area contributed by atoms with Crippen LogP contribution in [0, 0.1) is 5.82 Å². The summed E-state index contributed by atoms with van der Waals surface area (Å²) in [5.74, 6) is -0.555. The van der Waals surface area contributed by atoms with Gasteiger partial charge in [0.2, 0.25) is 0 Å². The second kappa shape index (κ2) is 5.07. The fourth-order valence-electron chi connectivity index (χ4n) is 1.90. The zero-order valence-electron chi connectivity index (χ0n) is 12.1. The van der Waals surface area contributed by atoms with Crippen LogP contribution in [0.4, 0.5) is 4.39 Å². The zero-order valence-corrected chi connectivity index (χ0v) is 12.1. The first-order valence-corrected chi connectivity index (χ1v) is 6.39. The molecule has 0 saturated carbocycles. The molecule has 0 unspecified atom stereocenters. The first-order chi connectivity index (χ1) is 9.26. The molecule has 1 amide bonds. The van der Waals surface area contributed by atoms with E-state index in [1.54, 1.807) is 29.9 Å². The molecular formula is C15H18FN3O. The predicted molar refractivity (Wildman–Crippen MR) is 75.8 cm³/mol. The SMILES string of the molecule is Cn1nc(C(=O)NC(C)(C)C)cc1-c1cccc(F)c1. The number of aromatic nitrogens is 2. The third-order valence-corrected chi connectivity index (χ3v) is 2.72. The molecule has 5 heteroatoms. The van der Waals surface area contributed by atoms with Crippen molar-refractivity contribution in [2.75, 3.05) is 0 Å². The summed E-state index contributed by atoms with van der Waals surface area (Å²) in [4.78, 5) is 12.1. The molecular weight excluding hydrogens is 257 g/mol. The van der Waals surface area contributed by atoms with E-state index in [0.29, 0.717) is 17.0 Å². The second-order valence-electron chi connectivity index (χ2n) is 5.75. The first-order valence-electron chi connectivity index (χ1n) is 6.39. The van der Waals surface area contributed by atoms with Crippen molar-refractivity contribution in [2.24, 2.45) is 7.05 Å². The molecule has 2 aromatic rings. The number of hydrogen-bond donors (Lipinski definition) is 1. The molecule has 1 N–H and O–H groups in total. The lowest BCUT2D eigenvalue weighted by molar-refractivity contribution is 0.0913. The molecule has 0 aliphatic heterocycles. The van der Waals surface area contributed by atoms with Crippen LogP contribution in [-0.2, 0) is 7.05 Å². The minimum absolute atomic E-state index is 0.240. The number of halogens is 1. The average molecular weight is 275 g/mol. The molecule has 20 heavy (non-hydrogen) atoms. The van der Waals surface area contributed by atoms with E-state index < -0.39 is 0 Å². The van der Waals surface area contributed by atoms with Gasteiger partial charge in [-0.3, -0.25) is 9.48 Å². The summed E-state index contributed by atoms with van der Waals surface area (Å²) in [5.41, 5.74) is 1.38. The fourth-order valence-corrected chi connectivity index (χ4v) is 1.90. The number of rotatable bonds is 2. The van der Waals surface area contributed by atoms with Crippen molar-refractivity contribution in [3.63, 3.8) is 0 Å². The van der Waals surface area contributed by atoms with Crippen molar-refractivity contribution in [2.45, 2.75) is 26.3 Å². The van der Waals surface area contributed by atoms with Crippen LogP contribution in [0.3, 0.4) is 0 Å². The molecule has 4 nitrogen and oxygen atoms in total. The van der Waals surface area contributed by atoms with Crippen LogP contribution in [0.15, 0.2) is 30.3 Å². The van der Waals surface area contributed by atoms with Crippen molar-refractivity contribution in [1.82, 2.24) is 15.1 Å². The molecule has 0 atom stereocenters. The van der Waals surface area contributed by atoms with Crippen LogP contribution in [-0.4, -0.2) is 21.2 Å². The quantitative estimate of drug-likeness (QED) is 0.916. The Morgan fingerprint density at radius 2 is 2.00 bits per heavy atom. The van der Waals surface area contributed by atoms with Gasteiger partial charge in [-0.05, 0) is 39.0 Å². The minimum atomic E-state index is -0.326. The van der Waals surface area contributed by atoms with Crippen molar-refractivity contribution >= 4 is 5.91 Å². The number of amides is 1. The Labute approximate surface area is 117 Å². The minimum Gasteiger partial charge on any atom is -0.346 e. The van der Waals surface area contributed by atoms with Crippen LogP contribution < -0.4 is 5.32 Å². The van der Waals surface area contributed by atoms with Crippen molar-refractivity contribution in [3.8, 4) is 11.3 Å². The van der Waals surface area contributed by atoms with Gasteiger partial charge in [-0.15, -0.1) is 0 Å².